The van der Waals surface area contributed by atoms with Gasteiger partial charge in [0.25, 0.3) is 0 Å². The first-order valence-corrected chi connectivity index (χ1v) is 13.3. The summed E-state index contributed by atoms with van der Waals surface area (Å²) in [6, 6.07) is 6.64. The highest BCUT2D eigenvalue weighted by Gasteiger charge is 2.39. The largest absolute Gasteiger partial charge is 0.462 e. The van der Waals surface area contributed by atoms with Gasteiger partial charge in [0, 0.05) is 42.3 Å². The van der Waals surface area contributed by atoms with Gasteiger partial charge in [-0.2, -0.15) is 4.31 Å². The molecule has 9 nitrogen and oxygen atoms in total. The molecule has 1 unspecified atom stereocenters. The molecular weight excluding hydrogens is 470 g/mol. The molecule has 1 aliphatic heterocycles. The van der Waals surface area contributed by atoms with E-state index in [0.29, 0.717) is 42.0 Å². The van der Waals surface area contributed by atoms with Gasteiger partial charge in [-0.15, -0.1) is 0 Å². The standard InChI is InChI=1S/C25H33N3O6S/c1-6-28-16(3)22(25(31)34-7-2)23(17(28)4)35(32,33)27-13-9-11-20(15-27)24(30)26-21-12-8-10-19(14-21)18(5)29/h8,10,12,14,20H,6-7,9,11,13,15H2,1-5H3,(H,26,30). The molecule has 1 aromatic heterocycles. The van der Waals surface area contributed by atoms with Crippen LogP contribution in [0, 0.1) is 19.8 Å². The second-order valence-corrected chi connectivity index (χ2v) is 10.5. The van der Waals surface area contributed by atoms with E-state index in [1.54, 1.807) is 49.6 Å². The van der Waals surface area contributed by atoms with E-state index in [9.17, 15) is 22.8 Å². The molecule has 0 spiro atoms. The van der Waals surface area contributed by atoms with Crippen LogP contribution in [0.25, 0.3) is 0 Å². The van der Waals surface area contributed by atoms with Gasteiger partial charge in [-0.1, -0.05) is 12.1 Å². The Morgan fingerprint density at radius 1 is 1.14 bits per heavy atom. The monoisotopic (exact) mass is 503 g/mol. The Morgan fingerprint density at radius 2 is 1.86 bits per heavy atom. The molecule has 1 atom stereocenters. The average Bonchev–Trinajstić information content (AvgIpc) is 3.09. The fraction of sp³-hybridized carbons (Fsp3) is 0.480. The maximum atomic E-state index is 13.8. The zero-order chi connectivity index (χ0) is 25.9. The summed E-state index contributed by atoms with van der Waals surface area (Å²) in [5, 5.41) is 2.81. The Morgan fingerprint density at radius 3 is 2.49 bits per heavy atom. The summed E-state index contributed by atoms with van der Waals surface area (Å²) >= 11 is 0. The van der Waals surface area contributed by atoms with Gasteiger partial charge in [-0.3, -0.25) is 9.59 Å². The Bertz CT molecular complexity index is 1250. The number of nitrogens with one attached hydrogen (secondary N) is 1. The lowest BCUT2D eigenvalue weighted by molar-refractivity contribution is -0.120. The number of piperidine rings is 1. The van der Waals surface area contributed by atoms with Crippen molar-refractivity contribution in [2.45, 2.75) is 58.9 Å². The lowest BCUT2D eigenvalue weighted by atomic mass is 9.98. The van der Waals surface area contributed by atoms with E-state index in [4.69, 9.17) is 4.74 Å². The van der Waals surface area contributed by atoms with Gasteiger partial charge in [-0.05, 0) is 59.6 Å². The maximum absolute atomic E-state index is 13.8. The Hall–Kier alpha value is -2.98. The molecule has 0 aliphatic carbocycles. The summed E-state index contributed by atoms with van der Waals surface area (Å²) < 4.78 is 35.9. The zero-order valence-corrected chi connectivity index (χ0v) is 21.7. The number of rotatable bonds is 8. The molecule has 1 aliphatic rings. The number of nitrogens with zero attached hydrogens (tertiary/aromatic N) is 2. The molecule has 2 heterocycles. The van der Waals surface area contributed by atoms with Crippen LogP contribution in [0.3, 0.4) is 0 Å². The summed E-state index contributed by atoms with van der Waals surface area (Å²) in [6.07, 6.45) is 1.04. The Balaban J connectivity index is 1.89. The van der Waals surface area contributed by atoms with Crippen molar-refractivity contribution >= 4 is 33.4 Å². The molecule has 1 aromatic carbocycles. The zero-order valence-electron chi connectivity index (χ0n) is 20.9. The van der Waals surface area contributed by atoms with Crippen molar-refractivity contribution in [2.24, 2.45) is 5.92 Å². The minimum Gasteiger partial charge on any atom is -0.462 e. The van der Waals surface area contributed by atoms with Gasteiger partial charge in [0.2, 0.25) is 15.9 Å². The van der Waals surface area contributed by atoms with Gasteiger partial charge in [0.15, 0.2) is 5.78 Å². The number of carbonyl (C=O) groups is 3. The smallest absolute Gasteiger partial charge is 0.341 e. The predicted molar refractivity (Wildman–Crippen MR) is 132 cm³/mol. The molecule has 1 fully saturated rings. The van der Waals surface area contributed by atoms with Crippen molar-refractivity contribution in [3.63, 3.8) is 0 Å². The molecule has 190 valence electrons. The molecule has 2 aromatic rings. The first-order valence-electron chi connectivity index (χ1n) is 11.8. The van der Waals surface area contributed by atoms with Crippen molar-refractivity contribution in [3.8, 4) is 0 Å². The third kappa shape index (κ3) is 5.33. The van der Waals surface area contributed by atoms with Gasteiger partial charge in [-0.25, -0.2) is 13.2 Å². The van der Waals surface area contributed by atoms with Crippen molar-refractivity contribution in [2.75, 3.05) is 25.0 Å². The average molecular weight is 504 g/mol. The molecule has 0 bridgehead atoms. The topological polar surface area (TPSA) is 115 Å². The molecule has 0 radical (unpaired) electrons. The van der Waals surface area contributed by atoms with Crippen molar-refractivity contribution in [1.29, 1.82) is 0 Å². The number of anilines is 1. The molecule has 10 heteroatoms. The summed E-state index contributed by atoms with van der Waals surface area (Å²) in [4.78, 5) is 37.3. The number of benzene rings is 1. The fourth-order valence-corrected chi connectivity index (χ4v) is 6.63. The van der Waals surface area contributed by atoms with E-state index in [0.717, 1.165) is 0 Å². The normalized spacial score (nSPS) is 16.7. The van der Waals surface area contributed by atoms with Gasteiger partial charge in [0.05, 0.1) is 12.5 Å². The van der Waals surface area contributed by atoms with E-state index in [2.05, 4.69) is 5.32 Å². The second-order valence-electron chi connectivity index (χ2n) is 8.67. The highest BCUT2D eigenvalue weighted by Crippen LogP contribution is 2.33. The van der Waals surface area contributed by atoms with Crippen LogP contribution in [-0.2, 0) is 26.1 Å². The molecule has 0 saturated carbocycles. The van der Waals surface area contributed by atoms with E-state index >= 15 is 0 Å². The van der Waals surface area contributed by atoms with Crippen LogP contribution < -0.4 is 5.32 Å². The van der Waals surface area contributed by atoms with Crippen molar-refractivity contribution < 1.29 is 27.5 Å². The molecule has 35 heavy (non-hydrogen) atoms. The highest BCUT2D eigenvalue weighted by atomic mass is 32.2. The minimum atomic E-state index is -4.07. The Kier molecular flexibility index (Phi) is 8.17. The van der Waals surface area contributed by atoms with Crippen LogP contribution in [0.1, 0.15) is 65.7 Å². The van der Waals surface area contributed by atoms with Crippen LogP contribution in [0.4, 0.5) is 5.69 Å². The number of ketones is 1. The van der Waals surface area contributed by atoms with Crippen molar-refractivity contribution in [3.05, 3.63) is 46.8 Å². The quantitative estimate of drug-likeness (QED) is 0.435. The first kappa shape index (κ1) is 26.6. The number of aromatic nitrogens is 1. The molecule has 1 N–H and O–H groups in total. The van der Waals surface area contributed by atoms with Gasteiger partial charge in [0.1, 0.15) is 10.5 Å². The fourth-order valence-electron chi connectivity index (χ4n) is 4.65. The third-order valence-electron chi connectivity index (χ3n) is 6.41. The number of carbonyl (C=O) groups excluding carboxylic acids is 3. The minimum absolute atomic E-state index is 0.00137. The summed E-state index contributed by atoms with van der Waals surface area (Å²) in [5.74, 6) is -1.66. The lowest BCUT2D eigenvalue weighted by Gasteiger charge is -2.31. The van der Waals surface area contributed by atoms with Crippen LogP contribution in [0.5, 0.6) is 0 Å². The van der Waals surface area contributed by atoms with E-state index in [-0.39, 0.29) is 41.8 Å². The van der Waals surface area contributed by atoms with Crippen LogP contribution in [-0.4, -0.2) is 54.6 Å². The van der Waals surface area contributed by atoms with E-state index in [1.807, 2.05) is 6.92 Å². The number of amides is 1. The van der Waals surface area contributed by atoms with E-state index < -0.39 is 21.9 Å². The maximum Gasteiger partial charge on any atom is 0.341 e. The molecular formula is C25H33N3O6S. The molecule has 1 amide bonds. The number of Topliss-reactive ketones (excluding diaryl/α,β-unsaturated/α-hetero) is 1. The molecule has 3 rings (SSSR count). The Labute approximate surface area is 206 Å². The number of sulfonamides is 1. The van der Waals surface area contributed by atoms with Gasteiger partial charge < -0.3 is 14.6 Å². The number of hydrogen-bond donors (Lipinski definition) is 1. The predicted octanol–water partition coefficient (Wildman–Crippen LogP) is 3.54. The number of hydrogen-bond acceptors (Lipinski definition) is 6. The van der Waals surface area contributed by atoms with Crippen molar-refractivity contribution in [1.82, 2.24) is 8.87 Å². The SMILES string of the molecule is CCOC(=O)c1c(S(=O)(=O)N2CCCC(C(=O)Nc3cccc(C(C)=O)c3)C2)c(C)n(CC)c1C. The number of esters is 1. The summed E-state index contributed by atoms with van der Waals surface area (Å²) in [6.45, 7) is 9.28. The van der Waals surface area contributed by atoms with Crippen LogP contribution in [0.2, 0.25) is 0 Å². The summed E-state index contributed by atoms with van der Waals surface area (Å²) in [7, 11) is -4.07. The molecule has 1 saturated heterocycles. The second kappa shape index (κ2) is 10.7. The van der Waals surface area contributed by atoms with Crippen LogP contribution >= 0.6 is 0 Å². The van der Waals surface area contributed by atoms with E-state index in [1.165, 1.54) is 11.2 Å². The first-order chi connectivity index (χ1) is 16.5. The van der Waals surface area contributed by atoms with Crippen LogP contribution in [0.15, 0.2) is 29.2 Å². The number of ether oxygens (including phenoxy) is 1. The summed E-state index contributed by atoms with van der Waals surface area (Å²) in [5.41, 5.74) is 2.03. The third-order valence-corrected chi connectivity index (χ3v) is 8.44. The lowest BCUT2D eigenvalue weighted by Crippen LogP contribution is -2.44. The van der Waals surface area contributed by atoms with Gasteiger partial charge >= 0.3 is 5.97 Å². The highest BCUT2D eigenvalue weighted by molar-refractivity contribution is 7.89.